The van der Waals surface area contributed by atoms with E-state index in [-0.39, 0.29) is 11.9 Å². The quantitative estimate of drug-likeness (QED) is 0.524. The molecule has 0 fully saturated rings. The molecule has 0 saturated carbocycles. The highest BCUT2D eigenvalue weighted by atomic mass is 16.2. The lowest BCUT2D eigenvalue weighted by atomic mass is 10.2. The van der Waals surface area contributed by atoms with E-state index in [1.807, 2.05) is 30.3 Å². The number of nitrogens with zero attached hydrogens (tertiary/aromatic N) is 3. The van der Waals surface area contributed by atoms with Gasteiger partial charge in [-0.1, -0.05) is 43.0 Å². The molecular weight excluding hydrogens is 380 g/mol. The summed E-state index contributed by atoms with van der Waals surface area (Å²) < 4.78 is 0. The number of aromatic nitrogens is 2. The van der Waals surface area contributed by atoms with Gasteiger partial charge in [0.2, 0.25) is 5.91 Å². The van der Waals surface area contributed by atoms with E-state index >= 15 is 0 Å². The van der Waals surface area contributed by atoms with Gasteiger partial charge in [-0.05, 0) is 29.8 Å². The van der Waals surface area contributed by atoms with Gasteiger partial charge in [0.1, 0.15) is 18.0 Å². The smallest absolute Gasteiger partial charge is 0.327 e. The molecule has 3 N–H and O–H groups in total. The van der Waals surface area contributed by atoms with E-state index in [0.717, 1.165) is 5.56 Å². The molecule has 152 valence electrons. The highest BCUT2D eigenvalue weighted by molar-refractivity contribution is 6.01. The summed E-state index contributed by atoms with van der Waals surface area (Å²) in [6.07, 6.45) is 2.56. The molecule has 0 radical (unpaired) electrons. The van der Waals surface area contributed by atoms with Gasteiger partial charge in [0.15, 0.2) is 0 Å². The molecule has 3 amide bonds. The normalized spacial score (nSPS) is 10.0. The van der Waals surface area contributed by atoms with Crippen LogP contribution in [0.25, 0.3) is 0 Å². The average molecular weight is 402 g/mol. The second-order valence-electron chi connectivity index (χ2n) is 6.23. The first-order chi connectivity index (χ1) is 14.6. The Labute approximate surface area is 174 Å². The fourth-order valence-corrected chi connectivity index (χ4v) is 2.73. The van der Waals surface area contributed by atoms with Gasteiger partial charge in [-0.25, -0.2) is 19.7 Å². The van der Waals surface area contributed by atoms with Crippen LogP contribution in [-0.4, -0.2) is 29.0 Å². The molecule has 0 saturated heterocycles. The molecule has 8 heteroatoms. The third-order valence-electron chi connectivity index (χ3n) is 4.18. The minimum Gasteiger partial charge on any atom is -0.373 e. The number of anilines is 4. The second-order valence-corrected chi connectivity index (χ2v) is 6.23. The van der Waals surface area contributed by atoms with Crippen LogP contribution in [0.5, 0.6) is 0 Å². The summed E-state index contributed by atoms with van der Waals surface area (Å²) in [5, 5.41) is 8.54. The number of hydrogen-bond acceptors (Lipinski definition) is 5. The van der Waals surface area contributed by atoms with Crippen molar-refractivity contribution in [2.24, 2.45) is 0 Å². The molecule has 8 nitrogen and oxygen atoms in total. The number of nitrogens with one attached hydrogen (secondary N) is 3. The van der Waals surface area contributed by atoms with Crippen LogP contribution in [0.15, 0.2) is 79.6 Å². The molecule has 1 aromatic heterocycles. The summed E-state index contributed by atoms with van der Waals surface area (Å²) in [6, 6.07) is 17.8. The Kier molecular flexibility index (Phi) is 6.73. The first-order valence-electron chi connectivity index (χ1n) is 9.26. The van der Waals surface area contributed by atoms with E-state index in [1.165, 1.54) is 17.3 Å². The predicted octanol–water partition coefficient (Wildman–Crippen LogP) is 3.69. The average Bonchev–Trinajstić information content (AvgIpc) is 2.79. The molecule has 0 aliphatic heterocycles. The number of carbonyl (C=O) groups excluding carboxylic acids is 2. The van der Waals surface area contributed by atoms with Gasteiger partial charge in [-0.2, -0.15) is 0 Å². The van der Waals surface area contributed by atoms with Crippen LogP contribution in [0.3, 0.4) is 0 Å². The van der Waals surface area contributed by atoms with E-state index in [0.29, 0.717) is 29.6 Å². The number of hydrogen-bond donors (Lipinski definition) is 3. The van der Waals surface area contributed by atoms with Gasteiger partial charge in [0, 0.05) is 25.3 Å². The Morgan fingerprint density at radius 3 is 2.60 bits per heavy atom. The third kappa shape index (κ3) is 5.20. The van der Waals surface area contributed by atoms with Crippen molar-refractivity contribution in [3.63, 3.8) is 0 Å². The number of benzene rings is 2. The first kappa shape index (κ1) is 20.5. The molecule has 30 heavy (non-hydrogen) atoms. The minimum absolute atomic E-state index is 0.341. The van der Waals surface area contributed by atoms with E-state index in [9.17, 15) is 9.59 Å². The zero-order valence-electron chi connectivity index (χ0n) is 16.5. The standard InChI is InChI=1S/C22H22N6O2/c1-3-21(29)27-17-10-7-11-18(12-17)28(20-13-19(23-2)25-15-26-20)22(30)24-14-16-8-5-4-6-9-16/h3-13,15H,1,14H2,2H3,(H,24,30)(H,27,29)(H,23,25,26). The van der Waals surface area contributed by atoms with Crippen LogP contribution in [0, 0.1) is 0 Å². The number of carbonyl (C=O) groups is 2. The molecular formula is C22H22N6O2. The molecule has 0 unspecified atom stereocenters. The lowest BCUT2D eigenvalue weighted by molar-refractivity contribution is -0.111. The van der Waals surface area contributed by atoms with Crippen LogP contribution >= 0.6 is 0 Å². The molecule has 3 rings (SSSR count). The van der Waals surface area contributed by atoms with Crippen molar-refractivity contribution in [2.45, 2.75) is 6.54 Å². The molecule has 3 aromatic rings. The SMILES string of the molecule is C=CC(=O)Nc1cccc(N(C(=O)NCc2ccccc2)c2cc(NC)ncn2)c1. The summed E-state index contributed by atoms with van der Waals surface area (Å²) in [4.78, 5) is 34.6. The Bertz CT molecular complexity index is 1040. The van der Waals surface area contributed by atoms with Crippen molar-refractivity contribution in [3.8, 4) is 0 Å². The summed E-state index contributed by atoms with van der Waals surface area (Å²) in [5.74, 6) is 0.607. The van der Waals surface area contributed by atoms with Gasteiger partial charge in [-0.15, -0.1) is 0 Å². The fourth-order valence-electron chi connectivity index (χ4n) is 2.73. The van der Waals surface area contributed by atoms with Crippen molar-refractivity contribution in [1.29, 1.82) is 0 Å². The van der Waals surface area contributed by atoms with Crippen molar-refractivity contribution < 1.29 is 9.59 Å². The van der Waals surface area contributed by atoms with Gasteiger partial charge >= 0.3 is 6.03 Å². The van der Waals surface area contributed by atoms with Gasteiger partial charge in [0.25, 0.3) is 0 Å². The molecule has 2 aromatic carbocycles. The van der Waals surface area contributed by atoms with Crippen LogP contribution in [0.4, 0.5) is 27.8 Å². The highest BCUT2D eigenvalue weighted by Crippen LogP contribution is 2.27. The van der Waals surface area contributed by atoms with E-state index in [1.54, 1.807) is 37.4 Å². The molecule has 0 spiro atoms. The largest absolute Gasteiger partial charge is 0.373 e. The Morgan fingerprint density at radius 2 is 1.87 bits per heavy atom. The summed E-state index contributed by atoms with van der Waals surface area (Å²) in [7, 11) is 1.73. The molecule has 0 bridgehead atoms. The predicted molar refractivity (Wildman–Crippen MR) is 118 cm³/mol. The summed E-state index contributed by atoms with van der Waals surface area (Å²) >= 11 is 0. The van der Waals surface area contributed by atoms with Gasteiger partial charge < -0.3 is 16.0 Å². The second kappa shape index (κ2) is 9.83. The third-order valence-corrected chi connectivity index (χ3v) is 4.18. The Balaban J connectivity index is 1.93. The number of urea groups is 1. The van der Waals surface area contributed by atoms with Gasteiger partial charge in [0.05, 0.1) is 5.69 Å². The summed E-state index contributed by atoms with van der Waals surface area (Å²) in [6.45, 7) is 3.81. The maximum atomic E-state index is 13.1. The Morgan fingerprint density at radius 1 is 1.07 bits per heavy atom. The lowest BCUT2D eigenvalue weighted by Gasteiger charge is -2.23. The maximum absolute atomic E-state index is 13.1. The number of amides is 3. The van der Waals surface area contributed by atoms with Crippen LogP contribution in [0.2, 0.25) is 0 Å². The highest BCUT2D eigenvalue weighted by Gasteiger charge is 2.20. The van der Waals surface area contributed by atoms with Crippen molar-refractivity contribution >= 4 is 34.9 Å². The molecule has 0 atom stereocenters. The molecule has 1 heterocycles. The summed E-state index contributed by atoms with van der Waals surface area (Å²) in [5.41, 5.74) is 2.03. The monoisotopic (exact) mass is 402 g/mol. The Hall–Kier alpha value is -4.20. The van der Waals surface area contributed by atoms with Crippen LogP contribution < -0.4 is 20.9 Å². The van der Waals surface area contributed by atoms with Crippen molar-refractivity contribution in [2.75, 3.05) is 22.6 Å². The van der Waals surface area contributed by atoms with Crippen LogP contribution in [-0.2, 0) is 11.3 Å². The number of rotatable bonds is 7. The van der Waals surface area contributed by atoms with Crippen molar-refractivity contribution in [3.05, 3.63) is 85.2 Å². The maximum Gasteiger partial charge on any atom is 0.327 e. The van der Waals surface area contributed by atoms with E-state index < -0.39 is 0 Å². The molecule has 0 aliphatic carbocycles. The van der Waals surface area contributed by atoms with E-state index in [4.69, 9.17) is 0 Å². The zero-order chi connectivity index (χ0) is 21.3. The van der Waals surface area contributed by atoms with Crippen LogP contribution in [0.1, 0.15) is 5.56 Å². The minimum atomic E-state index is -0.369. The lowest BCUT2D eigenvalue weighted by Crippen LogP contribution is -2.37. The van der Waals surface area contributed by atoms with Gasteiger partial charge in [-0.3, -0.25) is 4.79 Å². The topological polar surface area (TPSA) is 99.2 Å². The first-order valence-corrected chi connectivity index (χ1v) is 9.26. The van der Waals surface area contributed by atoms with Crippen molar-refractivity contribution in [1.82, 2.24) is 15.3 Å². The zero-order valence-corrected chi connectivity index (χ0v) is 16.5. The molecule has 0 aliphatic rings. The van der Waals surface area contributed by atoms with E-state index in [2.05, 4.69) is 32.5 Å². The fraction of sp³-hybridized carbons (Fsp3) is 0.0909.